The van der Waals surface area contributed by atoms with Crippen LogP contribution in [0.4, 0.5) is 0 Å². The summed E-state index contributed by atoms with van der Waals surface area (Å²) < 4.78 is 25.7. The first-order chi connectivity index (χ1) is 22.7. The summed E-state index contributed by atoms with van der Waals surface area (Å²) in [6.07, 6.45) is 1.77. The second kappa shape index (κ2) is 13.8. The van der Waals surface area contributed by atoms with Gasteiger partial charge in [0.2, 0.25) is 0 Å². The number of methoxy groups -OCH3 is 2. The van der Waals surface area contributed by atoms with Crippen LogP contribution in [0, 0.1) is 0 Å². The number of aromatic nitrogens is 1. The normalized spacial score (nSPS) is 14.5. The van der Waals surface area contributed by atoms with Crippen molar-refractivity contribution < 1.29 is 23.7 Å². The highest BCUT2D eigenvalue weighted by molar-refractivity contribution is 9.10. The minimum atomic E-state index is -0.838. The summed E-state index contributed by atoms with van der Waals surface area (Å²) in [6.45, 7) is 3.92. The molecule has 0 fully saturated rings. The number of hydrogen-bond acceptors (Lipinski definition) is 8. The lowest BCUT2D eigenvalue weighted by molar-refractivity contribution is -0.139. The van der Waals surface area contributed by atoms with Gasteiger partial charge in [0.05, 0.1) is 41.1 Å². The predicted octanol–water partition coefficient (Wildman–Crippen LogP) is 6.96. The summed E-state index contributed by atoms with van der Waals surface area (Å²) in [5, 5.41) is 2.40. The van der Waals surface area contributed by atoms with Crippen LogP contribution in [0.1, 0.15) is 36.6 Å². The average molecular weight is 734 g/mol. The molecule has 0 bridgehead atoms. The van der Waals surface area contributed by atoms with Gasteiger partial charge in [0, 0.05) is 16.1 Å². The lowest BCUT2D eigenvalue weighted by atomic mass is 9.90. The van der Waals surface area contributed by atoms with E-state index in [0.717, 1.165) is 16.3 Å². The number of allylic oxidation sites excluding steroid dienone is 1. The second-order valence-corrected chi connectivity index (χ2v) is 12.9. The van der Waals surface area contributed by atoms with E-state index in [9.17, 15) is 9.59 Å². The first-order valence-corrected chi connectivity index (χ1v) is 16.7. The van der Waals surface area contributed by atoms with Gasteiger partial charge in [-0.3, -0.25) is 9.36 Å². The number of carbonyl (C=O) groups is 1. The highest BCUT2D eigenvalue weighted by Gasteiger charge is 2.36. The molecule has 0 spiro atoms. The van der Waals surface area contributed by atoms with Crippen LogP contribution < -0.4 is 29.1 Å². The maximum Gasteiger partial charge on any atom is 0.338 e. The van der Waals surface area contributed by atoms with Gasteiger partial charge < -0.3 is 18.9 Å². The van der Waals surface area contributed by atoms with E-state index in [-0.39, 0.29) is 24.3 Å². The Labute approximate surface area is 288 Å². The second-order valence-electron chi connectivity index (χ2n) is 10.6. The predicted molar refractivity (Wildman–Crippen MR) is 187 cm³/mol. The van der Waals surface area contributed by atoms with Crippen molar-refractivity contribution in [2.24, 2.45) is 4.99 Å². The molecule has 0 unspecified atom stereocenters. The molecule has 0 N–H and O–H groups in total. The maximum atomic E-state index is 14.4. The smallest absolute Gasteiger partial charge is 0.338 e. The van der Waals surface area contributed by atoms with Crippen molar-refractivity contribution in [3.05, 3.63) is 130 Å². The van der Waals surface area contributed by atoms with E-state index in [1.54, 1.807) is 44.8 Å². The Balaban J connectivity index is 1.50. The van der Waals surface area contributed by atoms with Gasteiger partial charge in [0.15, 0.2) is 16.3 Å². The molecule has 8 nitrogen and oxygen atoms in total. The van der Waals surface area contributed by atoms with Gasteiger partial charge in [-0.05, 0) is 76.5 Å². The molecule has 0 radical (unpaired) electrons. The van der Waals surface area contributed by atoms with Gasteiger partial charge in [-0.1, -0.05) is 71.5 Å². The fraction of sp³-hybridized carbons (Fsp3) is 0.194. The molecule has 4 aromatic carbocycles. The quantitative estimate of drug-likeness (QED) is 0.152. The van der Waals surface area contributed by atoms with E-state index in [0.29, 0.717) is 52.9 Å². The maximum absolute atomic E-state index is 14.4. The lowest BCUT2D eigenvalue weighted by Gasteiger charge is -2.27. The van der Waals surface area contributed by atoms with E-state index >= 15 is 0 Å². The number of rotatable bonds is 9. The topological polar surface area (TPSA) is 88.4 Å². The fourth-order valence-electron chi connectivity index (χ4n) is 5.68. The molecule has 11 heteroatoms. The first kappa shape index (κ1) is 32.6. The SMILES string of the molecule is CCOC(=O)C1=C(C)N=c2s/c(=C\c3cc(Br)c(OCc4ccccc4Cl)c(OC)c3)c(=O)n2[C@@H]1c1c(OC)ccc2ccccc12. The van der Waals surface area contributed by atoms with Crippen LogP contribution in [0.2, 0.25) is 5.02 Å². The van der Waals surface area contributed by atoms with Crippen molar-refractivity contribution in [2.45, 2.75) is 26.5 Å². The summed E-state index contributed by atoms with van der Waals surface area (Å²) in [5.41, 5.74) is 2.66. The third-order valence-corrected chi connectivity index (χ3v) is 9.76. The zero-order valence-corrected chi connectivity index (χ0v) is 29.2. The van der Waals surface area contributed by atoms with E-state index in [4.69, 9.17) is 35.5 Å². The van der Waals surface area contributed by atoms with Crippen molar-refractivity contribution in [2.75, 3.05) is 20.8 Å². The molecular weight excluding hydrogens is 704 g/mol. The van der Waals surface area contributed by atoms with E-state index < -0.39 is 12.0 Å². The number of nitrogens with zero attached hydrogens (tertiary/aromatic N) is 2. The Hall–Kier alpha value is -4.38. The number of halogens is 2. The minimum absolute atomic E-state index is 0.175. The van der Waals surface area contributed by atoms with E-state index in [1.807, 2.05) is 66.7 Å². The van der Waals surface area contributed by atoms with E-state index in [1.165, 1.54) is 11.3 Å². The molecule has 47 heavy (non-hydrogen) atoms. The number of thiazole rings is 1. The van der Waals surface area contributed by atoms with E-state index in [2.05, 4.69) is 15.9 Å². The number of hydrogen-bond donors (Lipinski definition) is 0. The number of fused-ring (bicyclic) bond motifs is 2. The molecule has 0 saturated carbocycles. The van der Waals surface area contributed by atoms with Gasteiger partial charge in [-0.2, -0.15) is 0 Å². The third kappa shape index (κ3) is 6.20. The summed E-state index contributed by atoms with van der Waals surface area (Å²) in [7, 11) is 3.13. The largest absolute Gasteiger partial charge is 0.496 e. The van der Waals surface area contributed by atoms with Crippen molar-refractivity contribution in [1.29, 1.82) is 0 Å². The zero-order valence-electron chi connectivity index (χ0n) is 26.0. The molecule has 0 aliphatic carbocycles. The van der Waals surface area contributed by atoms with Crippen molar-refractivity contribution in [3.63, 3.8) is 0 Å². The molecule has 6 rings (SSSR count). The summed E-state index contributed by atoms with van der Waals surface area (Å²) >= 11 is 11.2. The Bertz CT molecular complexity index is 2240. The fourth-order valence-corrected chi connectivity index (χ4v) is 7.49. The molecule has 1 aliphatic rings. The van der Waals surface area contributed by atoms with Crippen molar-refractivity contribution in [1.82, 2.24) is 4.57 Å². The highest BCUT2D eigenvalue weighted by Crippen LogP contribution is 2.41. The van der Waals surface area contributed by atoms with Crippen LogP contribution in [-0.2, 0) is 16.1 Å². The zero-order chi connectivity index (χ0) is 33.2. The Morgan fingerprint density at radius 1 is 1.04 bits per heavy atom. The summed E-state index contributed by atoms with van der Waals surface area (Å²) in [6, 6.07) is 21.9. The monoisotopic (exact) mass is 732 g/mol. The van der Waals surface area contributed by atoms with Crippen LogP contribution in [0.5, 0.6) is 17.2 Å². The average Bonchev–Trinajstić information content (AvgIpc) is 3.37. The van der Waals surface area contributed by atoms with Crippen LogP contribution in [0.3, 0.4) is 0 Å². The molecule has 5 aromatic rings. The molecule has 2 heterocycles. The van der Waals surface area contributed by atoms with Crippen molar-refractivity contribution in [3.8, 4) is 17.2 Å². The number of benzene rings is 4. The molecule has 1 aromatic heterocycles. The number of carbonyl (C=O) groups excluding carboxylic acids is 1. The summed E-state index contributed by atoms with van der Waals surface area (Å²) in [4.78, 5) is 33.0. The number of esters is 1. The molecule has 1 atom stereocenters. The molecule has 240 valence electrons. The van der Waals surface area contributed by atoms with Crippen LogP contribution in [0.25, 0.3) is 16.8 Å². The third-order valence-electron chi connectivity index (χ3n) is 7.82. The first-order valence-electron chi connectivity index (χ1n) is 14.7. The lowest BCUT2D eigenvalue weighted by Crippen LogP contribution is -2.40. The van der Waals surface area contributed by atoms with Gasteiger partial charge in [-0.25, -0.2) is 9.79 Å². The van der Waals surface area contributed by atoms with Gasteiger partial charge in [-0.15, -0.1) is 0 Å². The summed E-state index contributed by atoms with van der Waals surface area (Å²) in [5.74, 6) is 0.984. The van der Waals surface area contributed by atoms with Crippen LogP contribution in [0.15, 0.2) is 98.3 Å². The molecule has 0 amide bonds. The standard InChI is InChI=1S/C36H30BrClN2O6S/c1-5-45-35(42)30-20(2)39-36-40(32(30)31-24-12-8-6-10-22(24)14-15-27(31)43-3)34(41)29(47-36)18-21-16-25(37)33(28(17-21)44-4)46-19-23-11-7-9-13-26(23)38/h6-18,32H,5,19H2,1-4H3/b29-18-/t32-/m0/s1. The number of ether oxygens (including phenoxy) is 4. The molecule has 1 aliphatic heterocycles. The van der Waals surface area contributed by atoms with Crippen LogP contribution >= 0.6 is 38.9 Å². The molecular formula is C36H30BrClN2O6S. The van der Waals surface area contributed by atoms with Crippen molar-refractivity contribution >= 4 is 61.7 Å². The van der Waals surface area contributed by atoms with Crippen LogP contribution in [-0.4, -0.2) is 31.4 Å². The van der Waals surface area contributed by atoms with Gasteiger partial charge >= 0.3 is 5.97 Å². The van der Waals surface area contributed by atoms with Gasteiger partial charge in [0.25, 0.3) is 5.56 Å². The molecule has 0 saturated heterocycles. The Morgan fingerprint density at radius 3 is 2.53 bits per heavy atom. The van der Waals surface area contributed by atoms with Gasteiger partial charge in [0.1, 0.15) is 18.4 Å². The highest BCUT2D eigenvalue weighted by atomic mass is 79.9. The Kier molecular flexibility index (Phi) is 9.54. The minimum Gasteiger partial charge on any atom is -0.496 e. The Morgan fingerprint density at radius 2 is 1.79 bits per heavy atom.